The Bertz CT molecular complexity index is 410. The Labute approximate surface area is 101 Å². The molecule has 0 radical (unpaired) electrons. The van der Waals surface area contributed by atoms with Gasteiger partial charge in [-0.25, -0.2) is 4.79 Å². The van der Waals surface area contributed by atoms with Crippen molar-refractivity contribution >= 4 is 12.0 Å². The Morgan fingerprint density at radius 3 is 2.71 bits per heavy atom. The molecule has 0 aliphatic rings. The van der Waals surface area contributed by atoms with E-state index in [0.29, 0.717) is 18.1 Å². The first-order chi connectivity index (χ1) is 8.22. The summed E-state index contributed by atoms with van der Waals surface area (Å²) in [7, 11) is 2.91. The lowest BCUT2D eigenvalue weighted by atomic mass is 10.1. The highest BCUT2D eigenvalue weighted by molar-refractivity contribution is 5.87. The van der Waals surface area contributed by atoms with Crippen molar-refractivity contribution in [3.63, 3.8) is 0 Å². The van der Waals surface area contributed by atoms with Gasteiger partial charge in [0.05, 0.1) is 20.8 Å². The summed E-state index contributed by atoms with van der Waals surface area (Å²) in [5, 5.41) is 0. The minimum absolute atomic E-state index is 0.407. The highest BCUT2D eigenvalue weighted by atomic mass is 16.5. The minimum Gasteiger partial charge on any atom is -0.493 e. The van der Waals surface area contributed by atoms with E-state index in [1.807, 2.05) is 19.1 Å². The number of carbonyl (C=O) groups excluding carboxylic acids is 1. The summed E-state index contributed by atoms with van der Waals surface area (Å²) in [6.07, 6.45) is 2.98. The van der Waals surface area contributed by atoms with Crippen LogP contribution < -0.4 is 9.47 Å². The minimum atomic E-state index is -0.407. The van der Waals surface area contributed by atoms with Crippen LogP contribution in [0.2, 0.25) is 0 Å². The Balaban J connectivity index is 3.05. The van der Waals surface area contributed by atoms with E-state index in [1.165, 1.54) is 13.2 Å². The second-order valence-electron chi connectivity index (χ2n) is 3.17. The van der Waals surface area contributed by atoms with E-state index in [-0.39, 0.29) is 0 Å². The van der Waals surface area contributed by atoms with Gasteiger partial charge < -0.3 is 14.2 Å². The van der Waals surface area contributed by atoms with Crippen LogP contribution >= 0.6 is 0 Å². The van der Waals surface area contributed by atoms with Crippen LogP contribution in [0.3, 0.4) is 0 Å². The fourth-order valence-electron chi connectivity index (χ4n) is 1.35. The Hall–Kier alpha value is -1.97. The van der Waals surface area contributed by atoms with Crippen molar-refractivity contribution in [2.45, 2.75) is 6.92 Å². The molecule has 0 N–H and O–H groups in total. The molecule has 0 unspecified atom stereocenters. The Morgan fingerprint density at radius 1 is 1.35 bits per heavy atom. The molecule has 0 bridgehead atoms. The van der Waals surface area contributed by atoms with Crippen molar-refractivity contribution in [2.24, 2.45) is 0 Å². The van der Waals surface area contributed by atoms with Crippen LogP contribution in [0.5, 0.6) is 11.5 Å². The van der Waals surface area contributed by atoms with Gasteiger partial charge in [-0.05, 0) is 19.1 Å². The zero-order valence-corrected chi connectivity index (χ0v) is 10.2. The molecule has 0 aliphatic heterocycles. The molecular weight excluding hydrogens is 220 g/mol. The molecule has 0 saturated carbocycles. The van der Waals surface area contributed by atoms with Crippen molar-refractivity contribution in [1.82, 2.24) is 0 Å². The quantitative estimate of drug-likeness (QED) is 0.581. The number of methoxy groups -OCH3 is 2. The monoisotopic (exact) mass is 236 g/mol. The third-order valence-corrected chi connectivity index (χ3v) is 2.12. The number of benzene rings is 1. The van der Waals surface area contributed by atoms with Gasteiger partial charge in [0.25, 0.3) is 0 Å². The van der Waals surface area contributed by atoms with Crippen molar-refractivity contribution in [3.8, 4) is 11.5 Å². The zero-order valence-electron chi connectivity index (χ0n) is 10.2. The van der Waals surface area contributed by atoms with Crippen LogP contribution in [0.25, 0.3) is 6.08 Å². The highest BCUT2D eigenvalue weighted by Gasteiger charge is 2.07. The van der Waals surface area contributed by atoms with Gasteiger partial charge in [0, 0.05) is 11.6 Å². The lowest BCUT2D eigenvalue weighted by Crippen LogP contribution is -1.98. The number of carbonyl (C=O) groups is 1. The maximum Gasteiger partial charge on any atom is 0.330 e. The first kappa shape index (κ1) is 13.1. The van der Waals surface area contributed by atoms with Gasteiger partial charge in [0.2, 0.25) is 0 Å². The molecule has 0 aromatic heterocycles. The molecule has 4 heteroatoms. The number of hydrogen-bond acceptors (Lipinski definition) is 4. The van der Waals surface area contributed by atoms with E-state index in [2.05, 4.69) is 4.74 Å². The van der Waals surface area contributed by atoms with E-state index >= 15 is 0 Å². The molecule has 0 amide bonds. The van der Waals surface area contributed by atoms with E-state index in [4.69, 9.17) is 9.47 Å². The maximum absolute atomic E-state index is 11.0. The van der Waals surface area contributed by atoms with Gasteiger partial charge in [-0.1, -0.05) is 12.1 Å². The number of ether oxygens (including phenoxy) is 3. The van der Waals surface area contributed by atoms with E-state index in [1.54, 1.807) is 19.3 Å². The molecule has 0 saturated heterocycles. The molecule has 17 heavy (non-hydrogen) atoms. The van der Waals surface area contributed by atoms with Gasteiger partial charge >= 0.3 is 5.97 Å². The lowest BCUT2D eigenvalue weighted by molar-refractivity contribution is -0.134. The Morgan fingerprint density at radius 2 is 2.12 bits per heavy atom. The molecule has 0 aliphatic carbocycles. The van der Waals surface area contributed by atoms with Gasteiger partial charge in [0.15, 0.2) is 11.5 Å². The summed E-state index contributed by atoms with van der Waals surface area (Å²) in [5.74, 6) is 0.854. The molecule has 1 aromatic carbocycles. The second kappa shape index (κ2) is 6.58. The first-order valence-electron chi connectivity index (χ1n) is 5.28. The smallest absolute Gasteiger partial charge is 0.330 e. The summed E-state index contributed by atoms with van der Waals surface area (Å²) in [6, 6.07) is 5.48. The number of hydrogen-bond donors (Lipinski definition) is 0. The molecular formula is C13H16O4. The molecule has 1 aromatic rings. The molecule has 1 rings (SSSR count). The number of para-hydroxylation sites is 1. The van der Waals surface area contributed by atoms with Gasteiger partial charge in [-0.15, -0.1) is 0 Å². The molecule has 0 heterocycles. The standard InChI is InChI=1S/C13H16O4/c1-4-17-13-10(8-9-12(14)16-3)6-5-7-11(13)15-2/h5-9H,4H2,1-3H3/b9-8+. The van der Waals surface area contributed by atoms with Crippen LogP contribution in [0.1, 0.15) is 12.5 Å². The van der Waals surface area contributed by atoms with E-state index in [9.17, 15) is 4.79 Å². The average Bonchev–Trinajstić information content (AvgIpc) is 2.37. The van der Waals surface area contributed by atoms with Crippen LogP contribution in [0, 0.1) is 0 Å². The van der Waals surface area contributed by atoms with Gasteiger partial charge in [-0.2, -0.15) is 0 Å². The second-order valence-corrected chi connectivity index (χ2v) is 3.17. The lowest BCUT2D eigenvalue weighted by Gasteiger charge is -2.11. The summed E-state index contributed by atoms with van der Waals surface area (Å²) >= 11 is 0. The van der Waals surface area contributed by atoms with Crippen molar-refractivity contribution < 1.29 is 19.0 Å². The highest BCUT2D eigenvalue weighted by Crippen LogP contribution is 2.31. The summed E-state index contributed by atoms with van der Waals surface area (Å²) in [6.45, 7) is 2.42. The predicted molar refractivity (Wildman–Crippen MR) is 65.2 cm³/mol. The normalized spacial score (nSPS) is 10.3. The molecule has 92 valence electrons. The molecule has 0 spiro atoms. The fourth-order valence-corrected chi connectivity index (χ4v) is 1.35. The third-order valence-electron chi connectivity index (χ3n) is 2.12. The van der Waals surface area contributed by atoms with Crippen LogP contribution in [0.4, 0.5) is 0 Å². The molecule has 0 atom stereocenters. The fraction of sp³-hybridized carbons (Fsp3) is 0.308. The molecule has 0 fully saturated rings. The summed E-state index contributed by atoms with van der Waals surface area (Å²) in [5.41, 5.74) is 0.775. The van der Waals surface area contributed by atoms with Crippen LogP contribution in [-0.2, 0) is 9.53 Å². The maximum atomic E-state index is 11.0. The zero-order chi connectivity index (χ0) is 12.7. The van der Waals surface area contributed by atoms with Crippen LogP contribution in [0.15, 0.2) is 24.3 Å². The SMILES string of the molecule is CCOc1c(/C=C/C(=O)OC)cccc1OC. The third kappa shape index (κ3) is 3.52. The van der Waals surface area contributed by atoms with E-state index in [0.717, 1.165) is 5.56 Å². The average molecular weight is 236 g/mol. The largest absolute Gasteiger partial charge is 0.493 e. The van der Waals surface area contributed by atoms with Gasteiger partial charge in [0.1, 0.15) is 0 Å². The van der Waals surface area contributed by atoms with Crippen LogP contribution in [-0.4, -0.2) is 26.8 Å². The van der Waals surface area contributed by atoms with Gasteiger partial charge in [-0.3, -0.25) is 0 Å². The number of esters is 1. The van der Waals surface area contributed by atoms with E-state index < -0.39 is 5.97 Å². The predicted octanol–water partition coefficient (Wildman–Crippen LogP) is 2.28. The van der Waals surface area contributed by atoms with Crippen molar-refractivity contribution in [3.05, 3.63) is 29.8 Å². The summed E-state index contributed by atoms with van der Waals surface area (Å²) in [4.78, 5) is 11.0. The number of rotatable bonds is 5. The van der Waals surface area contributed by atoms with Crippen molar-refractivity contribution in [2.75, 3.05) is 20.8 Å². The Kier molecular flexibility index (Phi) is 5.07. The molecule has 4 nitrogen and oxygen atoms in total. The summed E-state index contributed by atoms with van der Waals surface area (Å²) < 4.78 is 15.2. The first-order valence-corrected chi connectivity index (χ1v) is 5.28. The van der Waals surface area contributed by atoms with Crippen molar-refractivity contribution in [1.29, 1.82) is 0 Å². The topological polar surface area (TPSA) is 44.8 Å².